The van der Waals surface area contributed by atoms with Crippen LogP contribution in [0.5, 0.6) is 5.75 Å². The Labute approximate surface area is 154 Å². The largest absolute Gasteiger partial charge is 0.493 e. The molecule has 0 unspecified atom stereocenters. The average molecular weight is 397 g/mol. The Hall–Kier alpha value is -2.58. The van der Waals surface area contributed by atoms with Crippen LogP contribution in [-0.2, 0) is 0 Å². The Kier molecular flexibility index (Phi) is 5.52. The number of nitriles is 1. The number of unbranched alkanes of at least 4 members (excludes halogenated alkanes) is 1. The summed E-state index contributed by atoms with van der Waals surface area (Å²) in [6.07, 6.45) is 3.79. The van der Waals surface area contributed by atoms with E-state index in [1.54, 1.807) is 6.08 Å². The molecule has 0 N–H and O–H groups in total. The molecule has 0 fully saturated rings. The standard InChI is InChI=1S/C20H17BrN2O2/c1-2-3-10-24-18-9-8-16(21)12-14(18)11-15(13-22)20-23-17-6-4-5-7-19(17)25-20/h4-9,11-12H,2-3,10H2,1H3/b15-11+. The predicted octanol–water partition coefficient (Wildman–Crippen LogP) is 5.83. The SMILES string of the molecule is CCCCOc1ccc(Br)cc1/C=C(\C#N)c1nc2ccccc2o1. The minimum absolute atomic E-state index is 0.309. The van der Waals surface area contributed by atoms with Crippen LogP contribution in [0.15, 0.2) is 51.4 Å². The van der Waals surface area contributed by atoms with Crippen LogP contribution in [0.25, 0.3) is 22.7 Å². The number of aromatic nitrogens is 1. The molecule has 3 rings (SSSR count). The van der Waals surface area contributed by atoms with Gasteiger partial charge in [-0.3, -0.25) is 0 Å². The van der Waals surface area contributed by atoms with Gasteiger partial charge in [0.1, 0.15) is 22.9 Å². The molecule has 0 amide bonds. The number of allylic oxidation sites excluding steroid dienone is 1. The molecule has 0 aliphatic heterocycles. The van der Waals surface area contributed by atoms with Gasteiger partial charge in [-0.15, -0.1) is 0 Å². The summed E-state index contributed by atoms with van der Waals surface area (Å²) in [7, 11) is 0. The smallest absolute Gasteiger partial charge is 0.238 e. The number of nitrogens with zero attached hydrogens (tertiary/aromatic N) is 2. The molecule has 0 atom stereocenters. The normalized spacial score (nSPS) is 11.5. The first-order valence-corrected chi connectivity index (χ1v) is 8.90. The van der Waals surface area contributed by atoms with Crippen molar-refractivity contribution in [2.45, 2.75) is 19.8 Å². The van der Waals surface area contributed by atoms with Crippen molar-refractivity contribution in [1.82, 2.24) is 4.98 Å². The van der Waals surface area contributed by atoms with E-state index in [0.29, 0.717) is 23.7 Å². The minimum Gasteiger partial charge on any atom is -0.493 e. The van der Waals surface area contributed by atoms with Gasteiger partial charge in [0.15, 0.2) is 5.58 Å². The molecule has 2 aromatic carbocycles. The number of halogens is 1. The third kappa shape index (κ3) is 4.09. The van der Waals surface area contributed by atoms with Crippen molar-refractivity contribution in [3.63, 3.8) is 0 Å². The van der Waals surface area contributed by atoms with Gasteiger partial charge in [-0.05, 0) is 42.8 Å². The van der Waals surface area contributed by atoms with Gasteiger partial charge in [0, 0.05) is 10.0 Å². The first-order valence-electron chi connectivity index (χ1n) is 8.11. The van der Waals surface area contributed by atoms with Crippen molar-refractivity contribution in [2.24, 2.45) is 0 Å². The minimum atomic E-state index is 0.309. The number of hydrogen-bond donors (Lipinski definition) is 0. The zero-order valence-corrected chi connectivity index (χ0v) is 15.4. The van der Waals surface area contributed by atoms with E-state index in [-0.39, 0.29) is 0 Å². The third-order valence-electron chi connectivity index (χ3n) is 3.67. The van der Waals surface area contributed by atoms with Crippen molar-refractivity contribution in [3.05, 3.63) is 58.4 Å². The van der Waals surface area contributed by atoms with E-state index in [9.17, 15) is 5.26 Å². The zero-order valence-electron chi connectivity index (χ0n) is 13.8. The van der Waals surface area contributed by atoms with Gasteiger partial charge in [0.2, 0.25) is 5.89 Å². The van der Waals surface area contributed by atoms with Crippen LogP contribution < -0.4 is 4.74 Å². The van der Waals surface area contributed by atoms with Crippen molar-refractivity contribution >= 4 is 38.7 Å². The van der Waals surface area contributed by atoms with Crippen LogP contribution in [0.3, 0.4) is 0 Å². The molecule has 0 spiro atoms. The van der Waals surface area contributed by atoms with Crippen LogP contribution in [0.2, 0.25) is 0 Å². The second kappa shape index (κ2) is 8.00. The summed E-state index contributed by atoms with van der Waals surface area (Å²) in [6.45, 7) is 2.76. The maximum atomic E-state index is 9.57. The van der Waals surface area contributed by atoms with E-state index in [1.165, 1.54) is 0 Å². The maximum Gasteiger partial charge on any atom is 0.238 e. The van der Waals surface area contributed by atoms with E-state index in [4.69, 9.17) is 9.15 Å². The topological polar surface area (TPSA) is 59.0 Å². The fourth-order valence-corrected chi connectivity index (χ4v) is 2.75. The van der Waals surface area contributed by atoms with E-state index in [2.05, 4.69) is 33.9 Å². The summed E-state index contributed by atoms with van der Waals surface area (Å²) in [5, 5.41) is 9.57. The summed E-state index contributed by atoms with van der Waals surface area (Å²) in [5.74, 6) is 1.05. The molecule has 1 heterocycles. The zero-order chi connectivity index (χ0) is 17.6. The van der Waals surface area contributed by atoms with Crippen LogP contribution in [0.4, 0.5) is 0 Å². The molecule has 1 aromatic heterocycles. The van der Waals surface area contributed by atoms with Gasteiger partial charge < -0.3 is 9.15 Å². The van der Waals surface area contributed by atoms with Crippen LogP contribution in [0.1, 0.15) is 31.2 Å². The maximum absolute atomic E-state index is 9.57. The molecule has 5 heteroatoms. The number of ether oxygens (including phenoxy) is 1. The van der Waals surface area contributed by atoms with Gasteiger partial charge >= 0.3 is 0 Å². The lowest BCUT2D eigenvalue weighted by atomic mass is 10.1. The molecule has 0 aliphatic rings. The lowest BCUT2D eigenvalue weighted by Gasteiger charge is -2.09. The molecule has 0 aliphatic carbocycles. The monoisotopic (exact) mass is 396 g/mol. The number of benzene rings is 2. The highest BCUT2D eigenvalue weighted by Crippen LogP contribution is 2.29. The highest BCUT2D eigenvalue weighted by atomic mass is 79.9. The average Bonchev–Trinajstić information content (AvgIpc) is 3.05. The van der Waals surface area contributed by atoms with E-state index >= 15 is 0 Å². The summed E-state index contributed by atoms with van der Waals surface area (Å²) >= 11 is 3.47. The van der Waals surface area contributed by atoms with Crippen molar-refractivity contribution in [2.75, 3.05) is 6.61 Å². The highest BCUT2D eigenvalue weighted by molar-refractivity contribution is 9.10. The van der Waals surface area contributed by atoms with Gasteiger partial charge in [-0.25, -0.2) is 4.98 Å². The third-order valence-corrected chi connectivity index (χ3v) is 4.17. The molecular weight excluding hydrogens is 380 g/mol. The number of hydrogen-bond acceptors (Lipinski definition) is 4. The number of oxazole rings is 1. The summed E-state index contributed by atoms with van der Waals surface area (Å²) in [6, 6.07) is 15.4. The molecular formula is C20H17BrN2O2. The van der Waals surface area contributed by atoms with E-state index < -0.39 is 0 Å². The Bertz CT molecular complexity index is 921. The van der Waals surface area contributed by atoms with E-state index in [1.807, 2.05) is 42.5 Å². The quantitative estimate of drug-likeness (QED) is 0.388. The molecule has 3 aromatic rings. The summed E-state index contributed by atoms with van der Waals surface area (Å²) in [4.78, 5) is 4.40. The van der Waals surface area contributed by atoms with Crippen molar-refractivity contribution < 1.29 is 9.15 Å². The van der Waals surface area contributed by atoms with Gasteiger partial charge in [0.05, 0.1) is 6.61 Å². The molecule has 0 saturated carbocycles. The second-order valence-electron chi connectivity index (χ2n) is 5.54. The van der Waals surface area contributed by atoms with Gasteiger partial charge in [0.25, 0.3) is 0 Å². The van der Waals surface area contributed by atoms with E-state index in [0.717, 1.165) is 34.1 Å². The lowest BCUT2D eigenvalue weighted by molar-refractivity contribution is 0.308. The summed E-state index contributed by atoms with van der Waals surface area (Å²) < 4.78 is 12.5. The van der Waals surface area contributed by atoms with Gasteiger partial charge in [-0.2, -0.15) is 5.26 Å². The van der Waals surface area contributed by atoms with Crippen LogP contribution in [-0.4, -0.2) is 11.6 Å². The highest BCUT2D eigenvalue weighted by Gasteiger charge is 2.12. The molecule has 0 bridgehead atoms. The second-order valence-corrected chi connectivity index (χ2v) is 6.46. The summed E-state index contributed by atoms with van der Waals surface area (Å²) in [5.41, 5.74) is 2.55. The Morgan fingerprint density at radius 1 is 1.32 bits per heavy atom. The fourth-order valence-electron chi connectivity index (χ4n) is 2.37. The van der Waals surface area contributed by atoms with Crippen LogP contribution in [0, 0.1) is 11.3 Å². The number of para-hydroxylation sites is 2. The van der Waals surface area contributed by atoms with Crippen molar-refractivity contribution in [1.29, 1.82) is 5.26 Å². The number of rotatable bonds is 6. The Balaban J connectivity index is 1.99. The predicted molar refractivity (Wildman–Crippen MR) is 102 cm³/mol. The van der Waals surface area contributed by atoms with Crippen molar-refractivity contribution in [3.8, 4) is 11.8 Å². The first kappa shape index (κ1) is 17.2. The molecule has 25 heavy (non-hydrogen) atoms. The lowest BCUT2D eigenvalue weighted by Crippen LogP contribution is -1.98. The molecule has 126 valence electrons. The molecule has 4 nitrogen and oxygen atoms in total. The van der Waals surface area contributed by atoms with Crippen LogP contribution >= 0.6 is 15.9 Å². The Morgan fingerprint density at radius 2 is 2.16 bits per heavy atom. The fraction of sp³-hybridized carbons (Fsp3) is 0.200. The van der Waals surface area contributed by atoms with Gasteiger partial charge in [-0.1, -0.05) is 41.4 Å². The first-order chi connectivity index (χ1) is 12.2. The molecule has 0 radical (unpaired) electrons. The number of fused-ring (bicyclic) bond motifs is 1. The Morgan fingerprint density at radius 3 is 2.92 bits per heavy atom. The molecule has 0 saturated heterocycles.